The molecule has 2 rings (SSSR count). The molecule has 0 radical (unpaired) electrons. The van der Waals surface area contributed by atoms with Crippen molar-refractivity contribution in [2.24, 2.45) is 11.7 Å². The maximum atomic E-state index is 12.4. The van der Waals surface area contributed by atoms with E-state index in [1.807, 2.05) is 37.3 Å². The van der Waals surface area contributed by atoms with Crippen molar-refractivity contribution in [3.63, 3.8) is 0 Å². The van der Waals surface area contributed by atoms with Crippen molar-refractivity contribution < 1.29 is 19.0 Å². The number of carbonyl (C=O) groups is 1. The molecule has 0 aromatic heterocycles. The molecule has 27 heavy (non-hydrogen) atoms. The van der Waals surface area contributed by atoms with E-state index in [1.165, 1.54) is 14.2 Å². The molecule has 2 aromatic carbocycles. The zero-order valence-electron chi connectivity index (χ0n) is 15.9. The van der Waals surface area contributed by atoms with Gasteiger partial charge in [0, 0.05) is 12.1 Å². The third-order valence-corrected chi connectivity index (χ3v) is 3.96. The molecule has 1 unspecified atom stereocenters. The second-order valence-corrected chi connectivity index (χ2v) is 6.04. The normalized spacial score (nSPS) is 11.1. The lowest BCUT2D eigenvalue weighted by Gasteiger charge is -2.16. The van der Waals surface area contributed by atoms with Gasteiger partial charge in [-0.2, -0.15) is 0 Å². The van der Waals surface area contributed by atoms with Gasteiger partial charge in [-0.05, 0) is 30.2 Å². The molecule has 148 valence electrons. The number of rotatable bonds is 9. The zero-order chi connectivity index (χ0) is 18.9. The fourth-order valence-electron chi connectivity index (χ4n) is 2.34. The number of hydrogen-bond acceptors (Lipinski definition) is 5. The van der Waals surface area contributed by atoms with Crippen molar-refractivity contribution in [2.75, 3.05) is 27.3 Å². The van der Waals surface area contributed by atoms with Gasteiger partial charge in [0.05, 0.1) is 14.2 Å². The molecule has 1 atom stereocenters. The van der Waals surface area contributed by atoms with Crippen LogP contribution in [-0.4, -0.2) is 33.2 Å². The lowest BCUT2D eigenvalue weighted by Crippen LogP contribution is -2.31. The number of ether oxygens (including phenoxy) is 3. The highest BCUT2D eigenvalue weighted by atomic mass is 35.5. The monoisotopic (exact) mass is 394 g/mol. The molecule has 0 aliphatic rings. The van der Waals surface area contributed by atoms with Crippen LogP contribution in [0.4, 0.5) is 0 Å². The Kier molecular flexibility index (Phi) is 9.47. The van der Waals surface area contributed by atoms with Gasteiger partial charge in [-0.1, -0.05) is 37.3 Å². The molecule has 0 saturated carbocycles. The molecule has 0 spiro atoms. The number of halogens is 1. The summed E-state index contributed by atoms with van der Waals surface area (Å²) >= 11 is 0. The van der Waals surface area contributed by atoms with Crippen LogP contribution in [0.15, 0.2) is 42.5 Å². The van der Waals surface area contributed by atoms with Gasteiger partial charge in [0.2, 0.25) is 5.75 Å². The van der Waals surface area contributed by atoms with Crippen LogP contribution >= 0.6 is 12.4 Å². The van der Waals surface area contributed by atoms with Crippen LogP contribution < -0.4 is 25.3 Å². The molecule has 7 heteroatoms. The highest BCUT2D eigenvalue weighted by Crippen LogP contribution is 2.39. The van der Waals surface area contributed by atoms with Crippen LogP contribution in [0.2, 0.25) is 0 Å². The van der Waals surface area contributed by atoms with Gasteiger partial charge in [0.25, 0.3) is 5.91 Å². The molecule has 3 N–H and O–H groups in total. The summed E-state index contributed by atoms with van der Waals surface area (Å²) < 4.78 is 16.7. The first kappa shape index (κ1) is 22.6. The van der Waals surface area contributed by atoms with Gasteiger partial charge >= 0.3 is 0 Å². The number of benzene rings is 2. The molecule has 0 fully saturated rings. The molecule has 0 heterocycles. The molecule has 6 nitrogen and oxygen atoms in total. The second kappa shape index (κ2) is 11.3. The summed E-state index contributed by atoms with van der Waals surface area (Å²) in [4.78, 5) is 12.4. The number of nitrogens with one attached hydrogen (secondary N) is 1. The van der Waals surface area contributed by atoms with Crippen LogP contribution in [0, 0.1) is 5.92 Å². The summed E-state index contributed by atoms with van der Waals surface area (Å²) in [5, 5.41) is 2.86. The fraction of sp³-hybridized carbons (Fsp3) is 0.350. The fourth-order valence-corrected chi connectivity index (χ4v) is 2.34. The quantitative estimate of drug-likeness (QED) is 0.683. The first-order valence-electron chi connectivity index (χ1n) is 8.50. The summed E-state index contributed by atoms with van der Waals surface area (Å²) in [5.74, 6) is 1.34. The predicted octanol–water partition coefficient (Wildman–Crippen LogP) is 3.03. The SMILES string of the molecule is COc1cc(C(=O)NCC(C)CN)cc(OC)c1OCc1ccccc1.Cl. The minimum absolute atomic E-state index is 0. The minimum Gasteiger partial charge on any atom is -0.493 e. The van der Waals surface area contributed by atoms with Crippen LogP contribution in [0.5, 0.6) is 17.2 Å². The topological polar surface area (TPSA) is 82.8 Å². The molecule has 0 aliphatic heterocycles. The van der Waals surface area contributed by atoms with E-state index in [9.17, 15) is 4.79 Å². The van der Waals surface area contributed by atoms with E-state index in [0.717, 1.165) is 5.56 Å². The Hall–Kier alpha value is -2.44. The second-order valence-electron chi connectivity index (χ2n) is 6.04. The van der Waals surface area contributed by atoms with Crippen molar-refractivity contribution >= 4 is 18.3 Å². The minimum atomic E-state index is -0.212. The Labute approximate surface area is 166 Å². The van der Waals surface area contributed by atoms with Crippen LogP contribution in [-0.2, 0) is 6.61 Å². The Morgan fingerprint density at radius 1 is 1.11 bits per heavy atom. The van der Waals surface area contributed by atoms with E-state index in [2.05, 4.69) is 5.32 Å². The lowest BCUT2D eigenvalue weighted by molar-refractivity contribution is 0.0947. The summed E-state index contributed by atoms with van der Waals surface area (Å²) in [6, 6.07) is 13.1. The van der Waals surface area contributed by atoms with Gasteiger partial charge in [0.1, 0.15) is 6.61 Å². The predicted molar refractivity (Wildman–Crippen MR) is 108 cm³/mol. The van der Waals surface area contributed by atoms with Gasteiger partial charge < -0.3 is 25.3 Å². The van der Waals surface area contributed by atoms with E-state index in [1.54, 1.807) is 12.1 Å². The molecule has 0 aliphatic carbocycles. The van der Waals surface area contributed by atoms with E-state index < -0.39 is 0 Å². The van der Waals surface area contributed by atoms with Crippen molar-refractivity contribution in [3.05, 3.63) is 53.6 Å². The molecule has 0 bridgehead atoms. The van der Waals surface area contributed by atoms with Gasteiger partial charge in [0.15, 0.2) is 11.5 Å². The highest BCUT2D eigenvalue weighted by Gasteiger charge is 2.18. The van der Waals surface area contributed by atoms with Crippen molar-refractivity contribution in [3.8, 4) is 17.2 Å². The molecule has 2 aromatic rings. The summed E-state index contributed by atoms with van der Waals surface area (Å²) in [6.07, 6.45) is 0. The number of methoxy groups -OCH3 is 2. The largest absolute Gasteiger partial charge is 0.493 e. The smallest absolute Gasteiger partial charge is 0.251 e. The van der Waals surface area contributed by atoms with Crippen LogP contribution in [0.1, 0.15) is 22.8 Å². The van der Waals surface area contributed by atoms with Crippen LogP contribution in [0.3, 0.4) is 0 Å². The Balaban J connectivity index is 0.00000364. The molecular weight excluding hydrogens is 368 g/mol. The molecule has 1 amide bonds. The number of nitrogens with two attached hydrogens (primary N) is 1. The number of amides is 1. The van der Waals surface area contributed by atoms with E-state index in [4.69, 9.17) is 19.9 Å². The standard InChI is InChI=1S/C20H26N2O4.ClH/c1-14(11-21)12-22-20(23)16-9-17(24-2)19(18(10-16)25-3)26-13-15-7-5-4-6-8-15;/h4-10,14H,11-13,21H2,1-3H3,(H,22,23);1H. The third-order valence-electron chi connectivity index (χ3n) is 3.96. The first-order chi connectivity index (χ1) is 12.6. The zero-order valence-corrected chi connectivity index (χ0v) is 16.7. The van der Waals surface area contributed by atoms with Crippen molar-refractivity contribution in [1.29, 1.82) is 0 Å². The third kappa shape index (κ3) is 6.34. The maximum absolute atomic E-state index is 12.4. The highest BCUT2D eigenvalue weighted by molar-refractivity contribution is 5.95. The van der Waals surface area contributed by atoms with E-state index in [0.29, 0.717) is 42.5 Å². The van der Waals surface area contributed by atoms with Gasteiger partial charge in [-0.25, -0.2) is 0 Å². The Morgan fingerprint density at radius 2 is 1.70 bits per heavy atom. The Bertz CT molecular complexity index is 700. The average Bonchev–Trinajstić information content (AvgIpc) is 2.70. The van der Waals surface area contributed by atoms with Crippen molar-refractivity contribution in [2.45, 2.75) is 13.5 Å². The first-order valence-corrected chi connectivity index (χ1v) is 8.50. The Morgan fingerprint density at radius 3 is 2.22 bits per heavy atom. The van der Waals surface area contributed by atoms with Crippen molar-refractivity contribution in [1.82, 2.24) is 5.32 Å². The number of carbonyl (C=O) groups excluding carboxylic acids is 1. The average molecular weight is 395 g/mol. The summed E-state index contributed by atoms with van der Waals surface area (Å²) in [5.41, 5.74) is 7.04. The van der Waals surface area contributed by atoms with Gasteiger partial charge in [-0.15, -0.1) is 12.4 Å². The maximum Gasteiger partial charge on any atom is 0.251 e. The lowest BCUT2D eigenvalue weighted by atomic mass is 10.1. The van der Waals surface area contributed by atoms with E-state index >= 15 is 0 Å². The summed E-state index contributed by atoms with van der Waals surface area (Å²) in [6.45, 7) is 3.36. The number of hydrogen-bond donors (Lipinski definition) is 2. The summed E-state index contributed by atoms with van der Waals surface area (Å²) in [7, 11) is 3.06. The molecular formula is C20H27ClN2O4. The molecule has 0 saturated heterocycles. The van der Waals surface area contributed by atoms with Gasteiger partial charge in [-0.3, -0.25) is 4.79 Å². The van der Waals surface area contributed by atoms with Crippen LogP contribution in [0.25, 0.3) is 0 Å². The van der Waals surface area contributed by atoms with E-state index in [-0.39, 0.29) is 24.2 Å².